The van der Waals surface area contributed by atoms with Gasteiger partial charge in [-0.2, -0.15) is 0 Å². The molecule has 0 N–H and O–H groups in total. The molecule has 2 rings (SSSR count). The van der Waals surface area contributed by atoms with Gasteiger partial charge in [0.1, 0.15) is 0 Å². The van der Waals surface area contributed by atoms with Crippen LogP contribution < -0.4 is 3.58 Å². The fourth-order valence-electron chi connectivity index (χ4n) is 3.83. The van der Waals surface area contributed by atoms with Crippen LogP contribution in [0.5, 0.6) is 0 Å². The molecular formula is C22H33ClOSn. The van der Waals surface area contributed by atoms with Crippen molar-refractivity contribution in [3.8, 4) is 11.3 Å². The van der Waals surface area contributed by atoms with Crippen LogP contribution in [0.2, 0.25) is 18.3 Å². The quantitative estimate of drug-likeness (QED) is 0.309. The zero-order chi connectivity index (χ0) is 18.1. The summed E-state index contributed by atoms with van der Waals surface area (Å²) in [5.74, 6) is 0.897. The summed E-state index contributed by atoms with van der Waals surface area (Å²) in [5.41, 5.74) is 1.08. The van der Waals surface area contributed by atoms with E-state index in [0.29, 0.717) is 0 Å². The first-order chi connectivity index (χ1) is 12.2. The zero-order valence-electron chi connectivity index (χ0n) is 16.1. The summed E-state index contributed by atoms with van der Waals surface area (Å²) in [6.45, 7) is 6.98. The molecule has 0 aliphatic rings. The topological polar surface area (TPSA) is 13.1 Å². The van der Waals surface area contributed by atoms with Crippen molar-refractivity contribution in [3.05, 3.63) is 41.6 Å². The molecule has 0 aliphatic heterocycles. The summed E-state index contributed by atoms with van der Waals surface area (Å²) < 4.78 is 11.7. The molecule has 0 aliphatic carbocycles. The van der Waals surface area contributed by atoms with E-state index in [4.69, 9.17) is 16.0 Å². The van der Waals surface area contributed by atoms with E-state index in [1.807, 2.05) is 12.1 Å². The SMILES string of the molecule is CCC[CH2][Sn]([CH2]CCC)([CH2]CCC)[c]1ccc(Cl)c(-c2ccco2)c1. The molecule has 0 atom stereocenters. The van der Waals surface area contributed by atoms with Crippen LogP contribution in [-0.4, -0.2) is 18.4 Å². The van der Waals surface area contributed by atoms with Gasteiger partial charge in [0.25, 0.3) is 0 Å². The molecular weight excluding hydrogens is 434 g/mol. The Bertz CT molecular complexity index is 599. The van der Waals surface area contributed by atoms with Crippen LogP contribution in [0.25, 0.3) is 11.3 Å². The third-order valence-corrected chi connectivity index (χ3v) is 21.3. The van der Waals surface area contributed by atoms with Gasteiger partial charge < -0.3 is 0 Å². The van der Waals surface area contributed by atoms with Gasteiger partial charge in [-0.15, -0.1) is 0 Å². The Balaban J connectivity index is 2.45. The number of unbranched alkanes of at least 4 members (excludes halogenated alkanes) is 3. The fourth-order valence-corrected chi connectivity index (χ4v) is 20.0. The molecule has 1 heterocycles. The van der Waals surface area contributed by atoms with Crippen LogP contribution in [0.15, 0.2) is 41.0 Å². The van der Waals surface area contributed by atoms with Crippen molar-refractivity contribution >= 4 is 33.6 Å². The molecule has 3 heteroatoms. The van der Waals surface area contributed by atoms with Crippen LogP contribution in [0.3, 0.4) is 0 Å². The number of furan rings is 1. The monoisotopic (exact) mass is 468 g/mol. The van der Waals surface area contributed by atoms with Gasteiger partial charge >= 0.3 is 164 Å². The molecule has 2 aromatic rings. The number of benzene rings is 1. The number of hydrogen-bond donors (Lipinski definition) is 0. The normalized spacial score (nSPS) is 11.8. The maximum atomic E-state index is 6.51. The zero-order valence-corrected chi connectivity index (χ0v) is 19.7. The average molecular weight is 468 g/mol. The summed E-state index contributed by atoms with van der Waals surface area (Å²) in [5, 5.41) is 0.806. The predicted molar refractivity (Wildman–Crippen MR) is 114 cm³/mol. The molecule has 1 nitrogen and oxygen atoms in total. The third-order valence-electron chi connectivity index (χ3n) is 5.39. The van der Waals surface area contributed by atoms with Gasteiger partial charge in [-0.3, -0.25) is 0 Å². The van der Waals surface area contributed by atoms with Crippen molar-refractivity contribution in [2.75, 3.05) is 0 Å². The molecule has 0 radical (unpaired) electrons. The Morgan fingerprint density at radius 3 is 1.96 bits per heavy atom. The van der Waals surface area contributed by atoms with Crippen molar-refractivity contribution < 1.29 is 4.42 Å². The summed E-state index contributed by atoms with van der Waals surface area (Å²) >= 11 is 4.10. The summed E-state index contributed by atoms with van der Waals surface area (Å²) in [6, 6.07) is 10.8. The second kappa shape index (κ2) is 10.7. The standard InChI is InChI=1S/C10H6ClO.3C4H9.Sn/c11-9-5-2-1-4-8(9)10-6-3-7-12-10;3*1-3-4-2;/h2-7H;3*1,3-4H2,2H3;. The minimum absolute atomic E-state index is 0.806. The minimum atomic E-state index is -2.41. The van der Waals surface area contributed by atoms with E-state index in [1.54, 1.807) is 9.84 Å². The fraction of sp³-hybridized carbons (Fsp3) is 0.545. The molecule has 0 spiro atoms. The number of rotatable bonds is 11. The average Bonchev–Trinajstić information content (AvgIpc) is 3.16. The second-order valence-corrected chi connectivity index (χ2v) is 20.9. The van der Waals surface area contributed by atoms with Gasteiger partial charge in [0.2, 0.25) is 0 Å². The molecule has 0 saturated heterocycles. The van der Waals surface area contributed by atoms with E-state index in [-0.39, 0.29) is 0 Å². The summed E-state index contributed by atoms with van der Waals surface area (Å²) in [6.07, 6.45) is 9.77. The molecule has 0 fully saturated rings. The Kier molecular flexibility index (Phi) is 8.92. The van der Waals surface area contributed by atoms with Crippen LogP contribution in [0.4, 0.5) is 0 Å². The Morgan fingerprint density at radius 2 is 1.48 bits per heavy atom. The second-order valence-electron chi connectivity index (χ2n) is 7.26. The van der Waals surface area contributed by atoms with E-state index >= 15 is 0 Å². The molecule has 0 amide bonds. The first-order valence-electron chi connectivity index (χ1n) is 10.0. The molecule has 138 valence electrons. The van der Waals surface area contributed by atoms with Gasteiger partial charge in [0.15, 0.2) is 0 Å². The van der Waals surface area contributed by atoms with Gasteiger partial charge in [-0.05, 0) is 0 Å². The summed E-state index contributed by atoms with van der Waals surface area (Å²) in [4.78, 5) is 0. The number of hydrogen-bond acceptors (Lipinski definition) is 1. The van der Waals surface area contributed by atoms with Gasteiger partial charge in [0.05, 0.1) is 0 Å². The van der Waals surface area contributed by atoms with Gasteiger partial charge in [-0.1, -0.05) is 0 Å². The first-order valence-corrected chi connectivity index (χ1v) is 17.9. The van der Waals surface area contributed by atoms with E-state index in [0.717, 1.165) is 16.3 Å². The molecule has 1 aromatic heterocycles. The van der Waals surface area contributed by atoms with Crippen LogP contribution in [0, 0.1) is 0 Å². The van der Waals surface area contributed by atoms with E-state index in [2.05, 4.69) is 39.0 Å². The van der Waals surface area contributed by atoms with Gasteiger partial charge in [0, 0.05) is 0 Å². The predicted octanol–water partition coefficient (Wildman–Crippen LogP) is 7.66. The Labute approximate surface area is 163 Å². The van der Waals surface area contributed by atoms with E-state index in [1.165, 1.54) is 51.8 Å². The van der Waals surface area contributed by atoms with Crippen molar-refractivity contribution in [2.45, 2.75) is 72.6 Å². The molecule has 25 heavy (non-hydrogen) atoms. The molecule has 0 saturated carbocycles. The van der Waals surface area contributed by atoms with Crippen molar-refractivity contribution in [1.29, 1.82) is 0 Å². The maximum absolute atomic E-state index is 6.51. The van der Waals surface area contributed by atoms with Crippen LogP contribution in [-0.2, 0) is 0 Å². The van der Waals surface area contributed by atoms with Crippen molar-refractivity contribution in [2.24, 2.45) is 0 Å². The van der Waals surface area contributed by atoms with Crippen molar-refractivity contribution in [1.82, 2.24) is 0 Å². The Morgan fingerprint density at radius 1 is 0.880 bits per heavy atom. The molecule has 1 aromatic carbocycles. The van der Waals surface area contributed by atoms with E-state index in [9.17, 15) is 0 Å². The molecule has 0 unspecified atom stereocenters. The van der Waals surface area contributed by atoms with Crippen LogP contribution >= 0.6 is 11.6 Å². The first kappa shape index (κ1) is 20.9. The molecule has 0 bridgehead atoms. The third kappa shape index (κ3) is 5.53. The summed E-state index contributed by atoms with van der Waals surface area (Å²) in [7, 11) is 0. The van der Waals surface area contributed by atoms with Crippen molar-refractivity contribution in [3.63, 3.8) is 0 Å². The van der Waals surface area contributed by atoms with E-state index < -0.39 is 18.4 Å². The Hall–Kier alpha value is -0.411. The number of halogens is 1. The van der Waals surface area contributed by atoms with Gasteiger partial charge in [-0.25, -0.2) is 0 Å². The van der Waals surface area contributed by atoms with Crippen LogP contribution in [0.1, 0.15) is 59.3 Å².